The SMILES string of the molecule is Cc1ccc(NC(=O)C(C)(C)C(=O)Nc2ccc(Cl)cc2C)cc1. The summed E-state index contributed by atoms with van der Waals surface area (Å²) in [7, 11) is 0. The summed E-state index contributed by atoms with van der Waals surface area (Å²) in [4.78, 5) is 25.0. The third-order valence-corrected chi connectivity index (χ3v) is 4.12. The molecule has 126 valence electrons. The molecule has 0 heterocycles. The van der Waals surface area contributed by atoms with E-state index in [2.05, 4.69) is 10.6 Å². The lowest BCUT2D eigenvalue weighted by molar-refractivity contribution is -0.135. The molecular weight excluding hydrogens is 324 g/mol. The van der Waals surface area contributed by atoms with Crippen molar-refractivity contribution >= 4 is 34.8 Å². The Balaban J connectivity index is 2.11. The van der Waals surface area contributed by atoms with Crippen LogP contribution in [0.4, 0.5) is 11.4 Å². The monoisotopic (exact) mass is 344 g/mol. The lowest BCUT2D eigenvalue weighted by Crippen LogP contribution is -2.41. The van der Waals surface area contributed by atoms with Crippen molar-refractivity contribution in [3.05, 3.63) is 58.6 Å². The summed E-state index contributed by atoms with van der Waals surface area (Å²) in [5, 5.41) is 6.17. The van der Waals surface area contributed by atoms with Gasteiger partial charge >= 0.3 is 0 Å². The van der Waals surface area contributed by atoms with Crippen LogP contribution in [0.3, 0.4) is 0 Å². The Bertz CT molecular complexity index is 767. The van der Waals surface area contributed by atoms with Crippen LogP contribution < -0.4 is 10.6 Å². The first-order valence-electron chi connectivity index (χ1n) is 7.66. The van der Waals surface area contributed by atoms with Gasteiger partial charge in [-0.3, -0.25) is 9.59 Å². The van der Waals surface area contributed by atoms with E-state index in [9.17, 15) is 9.59 Å². The molecule has 0 radical (unpaired) electrons. The lowest BCUT2D eigenvalue weighted by atomic mass is 9.90. The second kappa shape index (κ2) is 7.05. The smallest absolute Gasteiger partial charge is 0.239 e. The fraction of sp³-hybridized carbons (Fsp3) is 0.263. The van der Waals surface area contributed by atoms with Gasteiger partial charge in [0.1, 0.15) is 5.41 Å². The molecule has 4 nitrogen and oxygen atoms in total. The van der Waals surface area contributed by atoms with Crippen LogP contribution in [0.1, 0.15) is 25.0 Å². The molecule has 0 aromatic heterocycles. The van der Waals surface area contributed by atoms with Crippen molar-refractivity contribution in [2.75, 3.05) is 10.6 Å². The van der Waals surface area contributed by atoms with E-state index in [1.54, 1.807) is 32.0 Å². The predicted octanol–water partition coefficient (Wildman–Crippen LogP) is 4.56. The molecule has 0 aliphatic carbocycles. The molecule has 5 heteroatoms. The highest BCUT2D eigenvalue weighted by molar-refractivity contribution is 6.30. The van der Waals surface area contributed by atoms with Gasteiger partial charge in [0, 0.05) is 16.4 Å². The van der Waals surface area contributed by atoms with Crippen molar-refractivity contribution in [1.29, 1.82) is 0 Å². The number of anilines is 2. The van der Waals surface area contributed by atoms with E-state index in [0.29, 0.717) is 16.4 Å². The van der Waals surface area contributed by atoms with Gasteiger partial charge in [-0.1, -0.05) is 29.3 Å². The van der Waals surface area contributed by atoms with Crippen LogP contribution in [0.25, 0.3) is 0 Å². The van der Waals surface area contributed by atoms with Gasteiger partial charge < -0.3 is 10.6 Å². The van der Waals surface area contributed by atoms with Crippen molar-refractivity contribution in [3.63, 3.8) is 0 Å². The molecule has 2 amide bonds. The number of amides is 2. The van der Waals surface area contributed by atoms with E-state index in [4.69, 9.17) is 11.6 Å². The minimum atomic E-state index is -1.23. The quantitative estimate of drug-likeness (QED) is 0.799. The van der Waals surface area contributed by atoms with Gasteiger partial charge in [-0.2, -0.15) is 0 Å². The molecule has 2 aromatic carbocycles. The summed E-state index contributed by atoms with van der Waals surface area (Å²) < 4.78 is 0. The number of hydrogen-bond acceptors (Lipinski definition) is 2. The zero-order valence-electron chi connectivity index (χ0n) is 14.2. The van der Waals surface area contributed by atoms with Crippen LogP contribution in [-0.4, -0.2) is 11.8 Å². The average Bonchev–Trinajstić information content (AvgIpc) is 2.52. The Kier molecular flexibility index (Phi) is 5.30. The summed E-state index contributed by atoms with van der Waals surface area (Å²) in [6, 6.07) is 12.6. The van der Waals surface area contributed by atoms with Crippen molar-refractivity contribution in [2.24, 2.45) is 5.41 Å². The Labute approximate surface area is 147 Å². The Morgan fingerprint density at radius 2 is 1.50 bits per heavy atom. The van der Waals surface area contributed by atoms with Gasteiger partial charge in [0.15, 0.2) is 0 Å². The molecule has 0 fully saturated rings. The minimum Gasteiger partial charge on any atom is -0.325 e. The third kappa shape index (κ3) is 4.15. The predicted molar refractivity (Wildman–Crippen MR) is 98.4 cm³/mol. The highest BCUT2D eigenvalue weighted by Crippen LogP contribution is 2.24. The van der Waals surface area contributed by atoms with Crippen molar-refractivity contribution in [2.45, 2.75) is 27.7 Å². The third-order valence-electron chi connectivity index (χ3n) is 3.88. The van der Waals surface area contributed by atoms with Gasteiger partial charge in [-0.15, -0.1) is 0 Å². The molecule has 0 spiro atoms. The molecule has 2 rings (SSSR count). The topological polar surface area (TPSA) is 58.2 Å². The zero-order valence-corrected chi connectivity index (χ0v) is 15.0. The first-order valence-corrected chi connectivity index (χ1v) is 8.03. The molecule has 24 heavy (non-hydrogen) atoms. The van der Waals surface area contributed by atoms with E-state index in [1.807, 2.05) is 38.1 Å². The normalized spacial score (nSPS) is 11.0. The molecule has 0 saturated heterocycles. The Morgan fingerprint density at radius 3 is 2.08 bits per heavy atom. The molecule has 0 aliphatic heterocycles. The van der Waals surface area contributed by atoms with Gasteiger partial charge in [0.2, 0.25) is 11.8 Å². The summed E-state index contributed by atoms with van der Waals surface area (Å²) in [6.45, 7) is 7.01. The molecule has 0 aliphatic rings. The number of hydrogen-bond donors (Lipinski definition) is 2. The second-order valence-corrected chi connectivity index (χ2v) is 6.79. The number of rotatable bonds is 4. The van der Waals surface area contributed by atoms with Gasteiger partial charge in [-0.05, 0) is 63.6 Å². The maximum Gasteiger partial charge on any atom is 0.239 e. The van der Waals surface area contributed by atoms with Crippen LogP contribution in [0.15, 0.2) is 42.5 Å². The number of carbonyl (C=O) groups excluding carboxylic acids is 2. The fourth-order valence-corrected chi connectivity index (χ4v) is 2.30. The van der Waals surface area contributed by atoms with Crippen molar-refractivity contribution in [1.82, 2.24) is 0 Å². The number of carbonyl (C=O) groups is 2. The van der Waals surface area contributed by atoms with Crippen LogP contribution in [-0.2, 0) is 9.59 Å². The average molecular weight is 345 g/mol. The van der Waals surface area contributed by atoms with E-state index >= 15 is 0 Å². The van der Waals surface area contributed by atoms with E-state index in [1.165, 1.54) is 0 Å². The number of aryl methyl sites for hydroxylation is 2. The number of halogens is 1. The highest BCUT2D eigenvalue weighted by Gasteiger charge is 2.36. The maximum atomic E-state index is 12.6. The molecular formula is C19H21ClN2O2. The Hall–Kier alpha value is -2.33. The molecule has 0 saturated carbocycles. The van der Waals surface area contributed by atoms with Gasteiger partial charge in [-0.25, -0.2) is 0 Å². The van der Waals surface area contributed by atoms with E-state index < -0.39 is 5.41 Å². The van der Waals surface area contributed by atoms with E-state index in [0.717, 1.165) is 11.1 Å². The number of benzene rings is 2. The highest BCUT2D eigenvalue weighted by atomic mass is 35.5. The first-order chi connectivity index (χ1) is 11.2. The summed E-state index contributed by atoms with van der Waals surface area (Å²) in [5.74, 6) is -0.743. The van der Waals surface area contributed by atoms with Crippen molar-refractivity contribution in [3.8, 4) is 0 Å². The van der Waals surface area contributed by atoms with Crippen LogP contribution >= 0.6 is 11.6 Å². The molecule has 2 aromatic rings. The summed E-state index contributed by atoms with van der Waals surface area (Å²) in [6.07, 6.45) is 0. The molecule has 0 bridgehead atoms. The molecule has 2 N–H and O–H groups in total. The lowest BCUT2D eigenvalue weighted by Gasteiger charge is -2.23. The van der Waals surface area contributed by atoms with Gasteiger partial charge in [0.25, 0.3) is 0 Å². The fourth-order valence-electron chi connectivity index (χ4n) is 2.07. The molecule has 0 unspecified atom stereocenters. The summed E-state index contributed by atoms with van der Waals surface area (Å²) >= 11 is 5.92. The largest absolute Gasteiger partial charge is 0.325 e. The second-order valence-electron chi connectivity index (χ2n) is 6.36. The minimum absolute atomic E-state index is 0.365. The van der Waals surface area contributed by atoms with Crippen LogP contribution in [0.5, 0.6) is 0 Å². The van der Waals surface area contributed by atoms with Gasteiger partial charge in [0.05, 0.1) is 0 Å². The first kappa shape index (κ1) is 18.0. The summed E-state index contributed by atoms with van der Waals surface area (Å²) in [5.41, 5.74) is 2.01. The maximum absolute atomic E-state index is 12.6. The van der Waals surface area contributed by atoms with Crippen molar-refractivity contribution < 1.29 is 9.59 Å². The number of nitrogens with one attached hydrogen (secondary N) is 2. The molecule has 0 atom stereocenters. The standard InChI is InChI=1S/C19H21ClN2O2/c1-12-5-8-15(9-6-12)21-17(23)19(3,4)18(24)22-16-10-7-14(20)11-13(16)2/h5-11H,1-4H3,(H,21,23)(H,22,24). The zero-order chi connectivity index (χ0) is 17.9. The Morgan fingerprint density at radius 1 is 0.917 bits per heavy atom. The van der Waals surface area contributed by atoms with Crippen LogP contribution in [0, 0.1) is 19.3 Å². The van der Waals surface area contributed by atoms with E-state index in [-0.39, 0.29) is 11.8 Å². The van der Waals surface area contributed by atoms with Crippen LogP contribution in [0.2, 0.25) is 5.02 Å².